The molecule has 152 valence electrons. The maximum atomic E-state index is 12.6. The minimum absolute atomic E-state index is 0.385. The first-order valence-electron chi connectivity index (χ1n) is 8.98. The SMILES string of the molecule is CN=C(NCCc1nc(C(F)(F)F)cs1)NCc1ccc(OCC2CC2)nc1. The molecule has 0 spiro atoms. The van der Waals surface area contributed by atoms with E-state index in [4.69, 9.17) is 4.74 Å². The van der Waals surface area contributed by atoms with Crippen molar-refractivity contribution in [2.75, 3.05) is 20.2 Å². The maximum Gasteiger partial charge on any atom is 0.434 e. The number of aliphatic imine (C=N–C) groups is 1. The first kappa shape index (κ1) is 20.4. The molecule has 0 bridgehead atoms. The highest BCUT2D eigenvalue weighted by Crippen LogP contribution is 2.30. The van der Waals surface area contributed by atoms with E-state index in [9.17, 15) is 13.2 Å². The molecule has 1 saturated carbocycles. The van der Waals surface area contributed by atoms with Gasteiger partial charge in [0.25, 0.3) is 0 Å². The molecule has 0 aromatic carbocycles. The lowest BCUT2D eigenvalue weighted by Crippen LogP contribution is -2.37. The second kappa shape index (κ2) is 9.22. The van der Waals surface area contributed by atoms with Crippen molar-refractivity contribution >= 4 is 17.3 Å². The van der Waals surface area contributed by atoms with Crippen LogP contribution in [0.2, 0.25) is 0 Å². The van der Waals surface area contributed by atoms with Crippen LogP contribution in [0.3, 0.4) is 0 Å². The first-order valence-corrected chi connectivity index (χ1v) is 9.86. The largest absolute Gasteiger partial charge is 0.477 e. The molecule has 0 radical (unpaired) electrons. The summed E-state index contributed by atoms with van der Waals surface area (Å²) in [6.45, 7) is 1.67. The third kappa shape index (κ3) is 6.36. The Morgan fingerprint density at radius 3 is 2.75 bits per heavy atom. The quantitative estimate of drug-likeness (QED) is 0.514. The van der Waals surface area contributed by atoms with Crippen molar-refractivity contribution in [3.63, 3.8) is 0 Å². The van der Waals surface area contributed by atoms with Crippen LogP contribution in [0.5, 0.6) is 5.88 Å². The molecular weight excluding hydrogens is 391 g/mol. The second-order valence-electron chi connectivity index (χ2n) is 6.49. The minimum atomic E-state index is -4.40. The number of hydrogen-bond acceptors (Lipinski definition) is 5. The van der Waals surface area contributed by atoms with Gasteiger partial charge >= 0.3 is 6.18 Å². The van der Waals surface area contributed by atoms with Crippen LogP contribution in [-0.4, -0.2) is 36.1 Å². The van der Waals surface area contributed by atoms with E-state index in [-0.39, 0.29) is 0 Å². The highest BCUT2D eigenvalue weighted by molar-refractivity contribution is 7.09. The molecule has 2 aromatic rings. The summed E-state index contributed by atoms with van der Waals surface area (Å²) < 4.78 is 43.3. The lowest BCUT2D eigenvalue weighted by atomic mass is 10.3. The molecule has 0 atom stereocenters. The summed E-state index contributed by atoms with van der Waals surface area (Å²) in [6, 6.07) is 3.78. The molecule has 10 heteroatoms. The van der Waals surface area contributed by atoms with Gasteiger partial charge in [-0.25, -0.2) is 9.97 Å². The summed E-state index contributed by atoms with van der Waals surface area (Å²) in [5.74, 6) is 1.86. The number of rotatable bonds is 8. The zero-order chi connectivity index (χ0) is 20.0. The molecule has 6 nitrogen and oxygen atoms in total. The Morgan fingerprint density at radius 1 is 1.32 bits per heavy atom. The molecular formula is C18H22F3N5OS. The average Bonchev–Trinajstić information content (AvgIpc) is 3.38. The Bertz CT molecular complexity index is 787. The van der Waals surface area contributed by atoms with Crippen molar-refractivity contribution in [1.29, 1.82) is 0 Å². The molecule has 28 heavy (non-hydrogen) atoms. The number of alkyl halides is 3. The fourth-order valence-corrected chi connectivity index (χ4v) is 3.14. The van der Waals surface area contributed by atoms with Crippen LogP contribution < -0.4 is 15.4 Å². The molecule has 3 rings (SSSR count). The van der Waals surface area contributed by atoms with Crippen LogP contribution >= 0.6 is 11.3 Å². The van der Waals surface area contributed by atoms with E-state index in [0.717, 1.165) is 28.9 Å². The van der Waals surface area contributed by atoms with Gasteiger partial charge in [0, 0.05) is 44.2 Å². The van der Waals surface area contributed by atoms with Crippen molar-refractivity contribution in [2.45, 2.75) is 32.0 Å². The van der Waals surface area contributed by atoms with Gasteiger partial charge in [-0.15, -0.1) is 11.3 Å². The van der Waals surface area contributed by atoms with E-state index >= 15 is 0 Å². The van der Waals surface area contributed by atoms with E-state index < -0.39 is 11.9 Å². The molecule has 1 aliphatic rings. The number of thiazole rings is 1. The lowest BCUT2D eigenvalue weighted by Gasteiger charge is -2.11. The van der Waals surface area contributed by atoms with Crippen molar-refractivity contribution in [3.05, 3.63) is 40.0 Å². The average molecular weight is 413 g/mol. The van der Waals surface area contributed by atoms with Crippen LogP contribution in [0.25, 0.3) is 0 Å². The van der Waals surface area contributed by atoms with Crippen molar-refractivity contribution in [3.8, 4) is 5.88 Å². The standard InChI is InChI=1S/C18H22F3N5OS/c1-22-17(23-7-6-16-26-14(11-28-16)18(19,20)21)25-9-13-4-5-15(24-8-13)27-10-12-2-3-12/h4-5,8,11-12H,2-3,6-7,9-10H2,1H3,(H2,22,23,25). The molecule has 1 fully saturated rings. The van der Waals surface area contributed by atoms with Gasteiger partial charge in [0.2, 0.25) is 5.88 Å². The third-order valence-corrected chi connectivity index (χ3v) is 5.03. The zero-order valence-corrected chi connectivity index (χ0v) is 16.2. The Morgan fingerprint density at radius 2 is 2.14 bits per heavy atom. The number of nitrogens with one attached hydrogen (secondary N) is 2. The highest BCUT2D eigenvalue weighted by atomic mass is 32.1. The van der Waals surface area contributed by atoms with Gasteiger partial charge in [-0.2, -0.15) is 13.2 Å². The van der Waals surface area contributed by atoms with Crippen molar-refractivity contribution in [2.24, 2.45) is 10.9 Å². The topological polar surface area (TPSA) is 71.4 Å². The van der Waals surface area contributed by atoms with Gasteiger partial charge < -0.3 is 15.4 Å². The predicted octanol–water partition coefficient (Wildman–Crippen LogP) is 3.25. The van der Waals surface area contributed by atoms with E-state index in [1.807, 2.05) is 12.1 Å². The van der Waals surface area contributed by atoms with Crippen LogP contribution in [-0.2, 0) is 19.1 Å². The molecule has 0 aliphatic heterocycles. The smallest absolute Gasteiger partial charge is 0.434 e. The first-order chi connectivity index (χ1) is 13.4. The summed E-state index contributed by atoms with van der Waals surface area (Å²) in [7, 11) is 1.63. The normalized spacial score (nSPS) is 14.8. The van der Waals surface area contributed by atoms with Gasteiger partial charge in [-0.3, -0.25) is 4.99 Å². The molecule has 2 heterocycles. The Kier molecular flexibility index (Phi) is 6.71. The molecule has 2 N–H and O–H groups in total. The van der Waals surface area contributed by atoms with Gasteiger partial charge in [0.15, 0.2) is 11.7 Å². The number of hydrogen-bond donors (Lipinski definition) is 2. The fraction of sp³-hybridized carbons (Fsp3) is 0.500. The van der Waals surface area contributed by atoms with E-state index in [0.29, 0.717) is 42.3 Å². The summed E-state index contributed by atoms with van der Waals surface area (Å²) in [5.41, 5.74) is 0.128. The van der Waals surface area contributed by atoms with E-state index in [2.05, 4.69) is 25.6 Å². The molecule has 0 unspecified atom stereocenters. The summed E-state index contributed by atoms with van der Waals surface area (Å²) in [5, 5.41) is 7.68. The monoisotopic (exact) mass is 413 g/mol. The van der Waals surface area contributed by atoms with Crippen LogP contribution in [0.1, 0.15) is 29.1 Å². The van der Waals surface area contributed by atoms with Gasteiger partial charge in [-0.1, -0.05) is 6.07 Å². The highest BCUT2D eigenvalue weighted by Gasteiger charge is 2.33. The summed E-state index contributed by atoms with van der Waals surface area (Å²) in [4.78, 5) is 12.0. The van der Waals surface area contributed by atoms with Crippen molar-refractivity contribution < 1.29 is 17.9 Å². The summed E-state index contributed by atoms with van der Waals surface area (Å²) in [6.07, 6.45) is 0.208. The number of ether oxygens (including phenoxy) is 1. The third-order valence-electron chi connectivity index (χ3n) is 4.12. The molecule has 2 aromatic heterocycles. The number of pyridine rings is 1. The summed E-state index contributed by atoms with van der Waals surface area (Å²) >= 11 is 1.01. The Balaban J connectivity index is 1.38. The lowest BCUT2D eigenvalue weighted by molar-refractivity contribution is -0.140. The number of guanidine groups is 1. The van der Waals surface area contributed by atoms with Gasteiger partial charge in [-0.05, 0) is 24.3 Å². The van der Waals surface area contributed by atoms with Gasteiger partial charge in [0.1, 0.15) is 0 Å². The number of halogens is 3. The number of aromatic nitrogens is 2. The zero-order valence-electron chi connectivity index (χ0n) is 15.4. The van der Waals surface area contributed by atoms with E-state index in [1.54, 1.807) is 13.2 Å². The Hall–Kier alpha value is -2.36. The van der Waals surface area contributed by atoms with Crippen LogP contribution in [0.15, 0.2) is 28.7 Å². The maximum absolute atomic E-state index is 12.6. The van der Waals surface area contributed by atoms with Crippen molar-refractivity contribution in [1.82, 2.24) is 20.6 Å². The molecule has 1 aliphatic carbocycles. The minimum Gasteiger partial charge on any atom is -0.477 e. The van der Waals surface area contributed by atoms with Crippen LogP contribution in [0.4, 0.5) is 13.2 Å². The van der Waals surface area contributed by atoms with E-state index in [1.165, 1.54) is 12.8 Å². The molecule has 0 amide bonds. The second-order valence-corrected chi connectivity index (χ2v) is 7.43. The predicted molar refractivity (Wildman–Crippen MR) is 101 cm³/mol. The van der Waals surface area contributed by atoms with Crippen LogP contribution in [0, 0.1) is 5.92 Å². The molecule has 0 saturated heterocycles. The van der Waals surface area contributed by atoms with Gasteiger partial charge in [0.05, 0.1) is 11.6 Å². The fourth-order valence-electron chi connectivity index (χ4n) is 2.34. The Labute approximate surface area is 165 Å². The number of nitrogens with zero attached hydrogens (tertiary/aromatic N) is 3.